The molecule has 3 heterocycles. The van der Waals surface area contributed by atoms with Crippen LogP contribution in [0.5, 0.6) is 5.75 Å². The topological polar surface area (TPSA) is 87.5 Å². The maximum atomic E-state index is 13.7. The highest BCUT2D eigenvalue weighted by Crippen LogP contribution is 2.23. The normalized spacial score (nSPS) is 11.3. The number of unbranched alkanes of at least 4 members (excludes halogenated alkanes) is 1. The summed E-state index contributed by atoms with van der Waals surface area (Å²) in [6.07, 6.45) is 5.37. The molecular formula is C25H21ClFN5O3. The SMILES string of the molecule is CCCCOc1ccc(-c2cc3c(=O)n(Cc4nc(-c5ccc(Cl)c(F)c5)no4)ccn3n2)cc1. The summed E-state index contributed by atoms with van der Waals surface area (Å²) in [5.74, 6) is 0.639. The number of halogens is 2. The van der Waals surface area contributed by atoms with Crippen molar-refractivity contribution in [3.8, 4) is 28.4 Å². The summed E-state index contributed by atoms with van der Waals surface area (Å²) >= 11 is 5.73. The van der Waals surface area contributed by atoms with Gasteiger partial charge in [0.1, 0.15) is 23.6 Å². The highest BCUT2D eigenvalue weighted by molar-refractivity contribution is 6.30. The van der Waals surface area contributed by atoms with E-state index in [1.165, 1.54) is 21.2 Å². The minimum atomic E-state index is -0.576. The van der Waals surface area contributed by atoms with Gasteiger partial charge in [-0.15, -0.1) is 0 Å². The predicted molar refractivity (Wildman–Crippen MR) is 129 cm³/mol. The van der Waals surface area contributed by atoms with E-state index in [0.29, 0.717) is 23.4 Å². The first-order valence-corrected chi connectivity index (χ1v) is 11.5. The van der Waals surface area contributed by atoms with Gasteiger partial charge >= 0.3 is 0 Å². The molecule has 0 radical (unpaired) electrons. The van der Waals surface area contributed by atoms with Crippen LogP contribution in [-0.4, -0.2) is 30.9 Å². The van der Waals surface area contributed by atoms with E-state index < -0.39 is 5.82 Å². The molecule has 0 saturated carbocycles. The Morgan fingerprint density at radius 2 is 1.89 bits per heavy atom. The Bertz CT molecular complexity index is 1540. The molecule has 0 spiro atoms. The maximum Gasteiger partial charge on any atom is 0.277 e. The third kappa shape index (κ3) is 4.81. The van der Waals surface area contributed by atoms with E-state index >= 15 is 0 Å². The summed E-state index contributed by atoms with van der Waals surface area (Å²) in [5, 5.41) is 8.41. The lowest BCUT2D eigenvalue weighted by Crippen LogP contribution is -2.21. The summed E-state index contributed by atoms with van der Waals surface area (Å²) in [6.45, 7) is 2.86. The fraction of sp³-hybridized carbons (Fsp3) is 0.200. The van der Waals surface area contributed by atoms with Crippen LogP contribution < -0.4 is 10.3 Å². The number of aromatic nitrogens is 5. The second-order valence-electron chi connectivity index (χ2n) is 7.96. The third-order valence-electron chi connectivity index (χ3n) is 5.47. The van der Waals surface area contributed by atoms with Gasteiger partial charge in [-0.1, -0.05) is 30.1 Å². The van der Waals surface area contributed by atoms with Gasteiger partial charge < -0.3 is 13.8 Å². The lowest BCUT2D eigenvalue weighted by atomic mass is 10.1. The lowest BCUT2D eigenvalue weighted by Gasteiger charge is -2.05. The molecular weight excluding hydrogens is 473 g/mol. The van der Waals surface area contributed by atoms with E-state index in [1.54, 1.807) is 24.5 Å². The van der Waals surface area contributed by atoms with Gasteiger partial charge in [0.15, 0.2) is 0 Å². The average Bonchev–Trinajstić information content (AvgIpc) is 3.51. The third-order valence-corrected chi connectivity index (χ3v) is 5.78. The van der Waals surface area contributed by atoms with Gasteiger partial charge in [-0.05, 0) is 55.0 Å². The molecule has 0 N–H and O–H groups in total. The minimum absolute atomic E-state index is 0.00810. The standard InChI is InChI=1S/C25H21ClFN5O3/c1-2-3-12-34-18-7-4-16(5-8-18)21-14-22-25(33)31(10-11-32(22)29-21)15-23-28-24(30-35-23)17-6-9-19(26)20(27)13-17/h4-11,13-14H,2-3,12,15H2,1H3. The molecule has 0 bridgehead atoms. The van der Waals surface area contributed by atoms with Gasteiger partial charge in [0, 0.05) is 23.5 Å². The molecule has 0 amide bonds. The van der Waals surface area contributed by atoms with Gasteiger partial charge in [0.05, 0.1) is 17.3 Å². The molecule has 178 valence electrons. The van der Waals surface area contributed by atoms with Gasteiger partial charge in [-0.2, -0.15) is 10.1 Å². The average molecular weight is 494 g/mol. The zero-order valence-corrected chi connectivity index (χ0v) is 19.6. The lowest BCUT2D eigenvalue weighted by molar-refractivity contribution is 0.309. The first kappa shape index (κ1) is 22.8. The highest BCUT2D eigenvalue weighted by atomic mass is 35.5. The number of nitrogens with zero attached hydrogens (tertiary/aromatic N) is 5. The molecule has 0 fully saturated rings. The monoisotopic (exact) mass is 493 g/mol. The molecule has 0 aliphatic heterocycles. The van der Waals surface area contributed by atoms with Crippen LogP contribution in [0.25, 0.3) is 28.2 Å². The van der Waals surface area contributed by atoms with E-state index in [0.717, 1.165) is 24.2 Å². The fourth-order valence-electron chi connectivity index (χ4n) is 3.57. The van der Waals surface area contributed by atoms with Crippen LogP contribution in [-0.2, 0) is 6.54 Å². The van der Waals surface area contributed by atoms with Crippen LogP contribution in [0.15, 0.2) is 70.2 Å². The van der Waals surface area contributed by atoms with Crippen LogP contribution >= 0.6 is 11.6 Å². The van der Waals surface area contributed by atoms with Crippen molar-refractivity contribution in [3.63, 3.8) is 0 Å². The molecule has 35 heavy (non-hydrogen) atoms. The van der Waals surface area contributed by atoms with Crippen molar-refractivity contribution < 1.29 is 13.7 Å². The van der Waals surface area contributed by atoms with Crippen LogP contribution in [0.2, 0.25) is 5.02 Å². The molecule has 0 unspecified atom stereocenters. The van der Waals surface area contributed by atoms with E-state index in [2.05, 4.69) is 22.2 Å². The Balaban J connectivity index is 1.36. The predicted octanol–water partition coefficient (Wildman–Crippen LogP) is 5.23. The number of hydrogen-bond donors (Lipinski definition) is 0. The Hall–Kier alpha value is -3.98. The fourth-order valence-corrected chi connectivity index (χ4v) is 3.68. The Morgan fingerprint density at radius 1 is 1.09 bits per heavy atom. The molecule has 0 atom stereocenters. The molecule has 3 aromatic heterocycles. The first-order chi connectivity index (χ1) is 17.0. The van der Waals surface area contributed by atoms with Crippen molar-refractivity contribution >= 4 is 17.1 Å². The van der Waals surface area contributed by atoms with Gasteiger partial charge in [-0.3, -0.25) is 4.79 Å². The quantitative estimate of drug-likeness (QED) is 0.275. The molecule has 5 rings (SSSR count). The van der Waals surface area contributed by atoms with Crippen molar-refractivity contribution in [2.45, 2.75) is 26.3 Å². The van der Waals surface area contributed by atoms with E-state index in [-0.39, 0.29) is 28.8 Å². The van der Waals surface area contributed by atoms with Gasteiger partial charge in [0.2, 0.25) is 11.7 Å². The number of fused-ring (bicyclic) bond motifs is 1. The van der Waals surface area contributed by atoms with E-state index in [1.807, 2.05) is 24.3 Å². The van der Waals surface area contributed by atoms with Crippen LogP contribution in [0, 0.1) is 5.82 Å². The molecule has 5 aromatic rings. The zero-order chi connectivity index (χ0) is 24.4. The van der Waals surface area contributed by atoms with Crippen LogP contribution in [0.1, 0.15) is 25.7 Å². The number of hydrogen-bond acceptors (Lipinski definition) is 6. The Kier molecular flexibility index (Phi) is 6.33. The van der Waals surface area contributed by atoms with Crippen molar-refractivity contribution in [2.75, 3.05) is 6.61 Å². The van der Waals surface area contributed by atoms with Gasteiger partial charge in [-0.25, -0.2) is 8.91 Å². The minimum Gasteiger partial charge on any atom is -0.494 e. The van der Waals surface area contributed by atoms with E-state index in [9.17, 15) is 9.18 Å². The second kappa shape index (κ2) is 9.71. The smallest absolute Gasteiger partial charge is 0.277 e. The van der Waals surface area contributed by atoms with Crippen molar-refractivity contribution in [2.24, 2.45) is 0 Å². The number of ether oxygens (including phenoxy) is 1. The highest BCUT2D eigenvalue weighted by Gasteiger charge is 2.14. The number of rotatable bonds is 8. The van der Waals surface area contributed by atoms with Crippen molar-refractivity contribution in [3.05, 3.63) is 88.0 Å². The Labute approximate surface area is 204 Å². The summed E-state index contributed by atoms with van der Waals surface area (Å²) in [6, 6.07) is 13.6. The van der Waals surface area contributed by atoms with Crippen molar-refractivity contribution in [1.82, 2.24) is 24.3 Å². The number of benzene rings is 2. The zero-order valence-electron chi connectivity index (χ0n) is 18.8. The summed E-state index contributed by atoms with van der Waals surface area (Å²) in [4.78, 5) is 17.3. The maximum absolute atomic E-state index is 13.7. The molecule has 10 heteroatoms. The summed E-state index contributed by atoms with van der Waals surface area (Å²) < 4.78 is 27.7. The largest absolute Gasteiger partial charge is 0.494 e. The molecule has 2 aromatic carbocycles. The summed E-state index contributed by atoms with van der Waals surface area (Å²) in [7, 11) is 0. The second-order valence-corrected chi connectivity index (χ2v) is 8.36. The van der Waals surface area contributed by atoms with Crippen molar-refractivity contribution in [1.29, 1.82) is 0 Å². The van der Waals surface area contributed by atoms with Crippen LogP contribution in [0.4, 0.5) is 4.39 Å². The summed E-state index contributed by atoms with van der Waals surface area (Å²) in [5.41, 5.74) is 2.12. The molecule has 0 aliphatic carbocycles. The first-order valence-electron chi connectivity index (χ1n) is 11.1. The Morgan fingerprint density at radius 3 is 2.66 bits per heavy atom. The molecule has 0 saturated heterocycles. The molecule has 8 nitrogen and oxygen atoms in total. The van der Waals surface area contributed by atoms with Gasteiger partial charge in [0.25, 0.3) is 5.56 Å². The molecule has 0 aliphatic rings. The van der Waals surface area contributed by atoms with Crippen LogP contribution in [0.3, 0.4) is 0 Å². The van der Waals surface area contributed by atoms with E-state index in [4.69, 9.17) is 20.9 Å².